The van der Waals surface area contributed by atoms with Gasteiger partial charge in [-0.25, -0.2) is 0 Å². The number of nitrogens with two attached hydrogens (primary N) is 1. The van der Waals surface area contributed by atoms with E-state index in [1.807, 2.05) is 30.3 Å². The lowest BCUT2D eigenvalue weighted by molar-refractivity contribution is 0.220. The van der Waals surface area contributed by atoms with Crippen LogP contribution in [-0.4, -0.2) is 36.4 Å². The zero-order valence-electron chi connectivity index (χ0n) is 11.2. The van der Waals surface area contributed by atoms with Crippen LogP contribution in [0.4, 0.5) is 0 Å². The molecule has 1 aromatic carbocycles. The van der Waals surface area contributed by atoms with Crippen LogP contribution in [0.25, 0.3) is 0 Å². The van der Waals surface area contributed by atoms with Gasteiger partial charge in [0, 0.05) is 12.1 Å². The lowest BCUT2D eigenvalue weighted by atomic mass is 10.1. The molecule has 1 unspecified atom stereocenters. The number of benzene rings is 1. The normalized spacial score (nSPS) is 19.7. The lowest BCUT2D eigenvalue weighted by Gasteiger charge is -2.27. The molecule has 1 fully saturated rings. The van der Waals surface area contributed by atoms with Crippen LogP contribution < -0.4 is 5.73 Å². The molecule has 18 heavy (non-hydrogen) atoms. The maximum absolute atomic E-state index is 6.03. The quantitative estimate of drug-likeness (QED) is 0.653. The van der Waals surface area contributed by atoms with Gasteiger partial charge in [0.1, 0.15) is 5.84 Å². The molecule has 0 amide bonds. The van der Waals surface area contributed by atoms with E-state index in [1.165, 1.54) is 32.4 Å². The van der Waals surface area contributed by atoms with Gasteiger partial charge in [0.15, 0.2) is 0 Å². The monoisotopic (exact) mass is 245 g/mol. The topological polar surface area (TPSA) is 41.6 Å². The molecule has 0 spiro atoms. The molecule has 98 valence electrons. The van der Waals surface area contributed by atoms with Crippen molar-refractivity contribution in [1.29, 1.82) is 0 Å². The van der Waals surface area contributed by atoms with Crippen LogP contribution in [0.2, 0.25) is 0 Å². The van der Waals surface area contributed by atoms with Crippen LogP contribution in [0.5, 0.6) is 0 Å². The van der Waals surface area contributed by atoms with E-state index in [-0.39, 0.29) is 6.04 Å². The first-order valence-electron chi connectivity index (χ1n) is 6.87. The minimum absolute atomic E-state index is 0.267. The predicted octanol–water partition coefficient (Wildman–Crippen LogP) is 2.27. The van der Waals surface area contributed by atoms with Crippen molar-refractivity contribution in [3.63, 3.8) is 0 Å². The molecule has 2 rings (SSSR count). The number of hydrogen-bond acceptors (Lipinski definition) is 2. The van der Waals surface area contributed by atoms with Crippen LogP contribution in [0, 0.1) is 0 Å². The molecule has 1 atom stereocenters. The third kappa shape index (κ3) is 3.84. The molecule has 0 aliphatic carbocycles. The predicted molar refractivity (Wildman–Crippen MR) is 76.9 cm³/mol. The van der Waals surface area contributed by atoms with E-state index < -0.39 is 0 Å². The Labute approximate surface area is 110 Å². The van der Waals surface area contributed by atoms with Crippen molar-refractivity contribution in [3.05, 3.63) is 35.9 Å². The molecular weight excluding hydrogens is 222 g/mol. The Hall–Kier alpha value is -1.35. The minimum atomic E-state index is 0.267. The Kier molecular flexibility index (Phi) is 4.76. The number of likely N-dealkylation sites (tertiary alicyclic amines) is 1. The number of rotatable bonds is 4. The van der Waals surface area contributed by atoms with E-state index in [9.17, 15) is 0 Å². The summed E-state index contributed by atoms with van der Waals surface area (Å²) in [5.41, 5.74) is 7.05. The van der Waals surface area contributed by atoms with Gasteiger partial charge >= 0.3 is 0 Å². The fourth-order valence-corrected chi connectivity index (χ4v) is 2.48. The van der Waals surface area contributed by atoms with E-state index in [1.54, 1.807) is 0 Å². The summed E-state index contributed by atoms with van der Waals surface area (Å²) >= 11 is 0. The molecule has 3 nitrogen and oxygen atoms in total. The Morgan fingerprint density at radius 2 is 1.89 bits per heavy atom. The zero-order chi connectivity index (χ0) is 12.8. The second kappa shape index (κ2) is 6.55. The maximum atomic E-state index is 6.03. The molecule has 0 aromatic heterocycles. The highest BCUT2D eigenvalue weighted by atomic mass is 15.1. The first-order chi connectivity index (χ1) is 8.75. The summed E-state index contributed by atoms with van der Waals surface area (Å²) in [4.78, 5) is 7.09. The third-order valence-electron chi connectivity index (χ3n) is 3.40. The average molecular weight is 245 g/mol. The summed E-state index contributed by atoms with van der Waals surface area (Å²) in [6.45, 7) is 5.59. The summed E-state index contributed by atoms with van der Waals surface area (Å²) in [6.07, 6.45) is 4.02. The molecule has 0 bridgehead atoms. The van der Waals surface area contributed by atoms with Gasteiger partial charge in [-0.3, -0.25) is 4.99 Å². The highest BCUT2D eigenvalue weighted by molar-refractivity contribution is 5.97. The van der Waals surface area contributed by atoms with Crippen LogP contribution in [0.15, 0.2) is 35.3 Å². The van der Waals surface area contributed by atoms with Crippen LogP contribution >= 0.6 is 0 Å². The van der Waals surface area contributed by atoms with E-state index in [2.05, 4.69) is 16.8 Å². The molecule has 1 aromatic rings. The second-order valence-electron chi connectivity index (χ2n) is 5.09. The smallest absolute Gasteiger partial charge is 0.125 e. The van der Waals surface area contributed by atoms with Gasteiger partial charge in [0.05, 0.1) is 6.04 Å². The summed E-state index contributed by atoms with van der Waals surface area (Å²) in [7, 11) is 0. The summed E-state index contributed by atoms with van der Waals surface area (Å²) in [6, 6.07) is 10.3. The molecule has 2 N–H and O–H groups in total. The van der Waals surface area contributed by atoms with E-state index in [0.717, 1.165) is 12.1 Å². The largest absolute Gasteiger partial charge is 0.383 e. The van der Waals surface area contributed by atoms with Crippen molar-refractivity contribution in [1.82, 2.24) is 4.90 Å². The first kappa shape index (κ1) is 13.1. The molecule has 1 saturated heterocycles. The van der Waals surface area contributed by atoms with Gasteiger partial charge in [0.25, 0.3) is 0 Å². The Bertz CT molecular complexity index is 380. The van der Waals surface area contributed by atoms with Gasteiger partial charge in [-0.2, -0.15) is 0 Å². The fourth-order valence-electron chi connectivity index (χ4n) is 2.48. The van der Waals surface area contributed by atoms with Crippen LogP contribution in [-0.2, 0) is 0 Å². The molecule has 1 heterocycles. The summed E-state index contributed by atoms with van der Waals surface area (Å²) in [5, 5.41) is 0. The van der Waals surface area contributed by atoms with Crippen molar-refractivity contribution in [2.24, 2.45) is 10.7 Å². The summed E-state index contributed by atoms with van der Waals surface area (Å²) in [5.74, 6) is 0.653. The van der Waals surface area contributed by atoms with E-state index in [4.69, 9.17) is 5.73 Å². The van der Waals surface area contributed by atoms with Crippen molar-refractivity contribution in [2.45, 2.75) is 32.2 Å². The van der Waals surface area contributed by atoms with Crippen LogP contribution in [0.3, 0.4) is 0 Å². The highest BCUT2D eigenvalue weighted by Crippen LogP contribution is 2.10. The van der Waals surface area contributed by atoms with Gasteiger partial charge in [-0.05, 0) is 32.9 Å². The summed E-state index contributed by atoms with van der Waals surface area (Å²) < 4.78 is 0. The van der Waals surface area contributed by atoms with Gasteiger partial charge in [-0.15, -0.1) is 0 Å². The number of piperidine rings is 1. The fraction of sp³-hybridized carbons (Fsp3) is 0.533. The average Bonchev–Trinajstić information content (AvgIpc) is 2.40. The number of aliphatic imine (C=N–C) groups is 1. The number of amidine groups is 1. The highest BCUT2D eigenvalue weighted by Gasteiger charge is 2.13. The van der Waals surface area contributed by atoms with Crippen molar-refractivity contribution >= 4 is 5.84 Å². The third-order valence-corrected chi connectivity index (χ3v) is 3.40. The molecule has 0 saturated carbocycles. The second-order valence-corrected chi connectivity index (χ2v) is 5.09. The van der Waals surface area contributed by atoms with Crippen molar-refractivity contribution in [2.75, 3.05) is 19.6 Å². The number of nitrogens with zero attached hydrogens (tertiary/aromatic N) is 2. The SMILES string of the molecule is CC(CN1CCCCC1)N=C(N)c1ccccc1. The van der Waals surface area contributed by atoms with E-state index in [0.29, 0.717) is 5.84 Å². The Morgan fingerprint density at radius 3 is 2.56 bits per heavy atom. The van der Waals surface area contributed by atoms with Crippen molar-refractivity contribution in [3.8, 4) is 0 Å². The van der Waals surface area contributed by atoms with Gasteiger partial charge in [0.2, 0.25) is 0 Å². The van der Waals surface area contributed by atoms with Crippen LogP contribution in [0.1, 0.15) is 31.7 Å². The van der Waals surface area contributed by atoms with Gasteiger partial charge < -0.3 is 10.6 Å². The number of hydrogen-bond donors (Lipinski definition) is 1. The Balaban J connectivity index is 1.91. The first-order valence-corrected chi connectivity index (χ1v) is 6.87. The maximum Gasteiger partial charge on any atom is 0.125 e. The standard InChI is InChI=1S/C15H23N3/c1-13(12-18-10-6-3-7-11-18)17-15(16)14-8-4-2-5-9-14/h2,4-5,8-9,13H,3,6-7,10-12H2,1H3,(H2,16,17). The molecule has 1 aliphatic heterocycles. The molecular formula is C15H23N3. The molecule has 1 aliphatic rings. The van der Waals surface area contributed by atoms with Crippen molar-refractivity contribution < 1.29 is 0 Å². The molecule has 3 heteroatoms. The van der Waals surface area contributed by atoms with Gasteiger partial charge in [-0.1, -0.05) is 36.8 Å². The molecule has 0 radical (unpaired) electrons. The zero-order valence-corrected chi connectivity index (χ0v) is 11.2. The minimum Gasteiger partial charge on any atom is -0.383 e. The Morgan fingerprint density at radius 1 is 1.22 bits per heavy atom. The lowest BCUT2D eigenvalue weighted by Crippen LogP contribution is -2.35. The van der Waals surface area contributed by atoms with E-state index >= 15 is 0 Å².